The van der Waals surface area contributed by atoms with Crippen molar-refractivity contribution < 1.29 is 22.3 Å². The molecule has 0 bridgehead atoms. The van der Waals surface area contributed by atoms with Crippen molar-refractivity contribution in [2.45, 2.75) is 25.2 Å². The van der Waals surface area contributed by atoms with Gasteiger partial charge in [0.2, 0.25) is 10.0 Å². The number of hydrogen-bond acceptors (Lipinski definition) is 4. The van der Waals surface area contributed by atoms with Gasteiger partial charge in [0.1, 0.15) is 0 Å². The maximum Gasteiger partial charge on any atom is 0.252 e. The second-order valence-electron chi connectivity index (χ2n) is 4.40. The quantitative estimate of drug-likeness (QED) is 0.772. The number of aryl methyl sites for hydroxylation is 1. The van der Waals surface area contributed by atoms with Crippen LogP contribution in [0.5, 0.6) is 0 Å². The van der Waals surface area contributed by atoms with Gasteiger partial charge in [-0.2, -0.15) is 4.31 Å². The van der Waals surface area contributed by atoms with Crippen molar-refractivity contribution >= 4 is 15.7 Å². The third-order valence-electron chi connectivity index (χ3n) is 2.93. The summed E-state index contributed by atoms with van der Waals surface area (Å²) in [5.41, 5.74) is 6.70. The molecule has 0 unspecified atom stereocenters. The van der Waals surface area contributed by atoms with E-state index in [9.17, 15) is 17.2 Å². The second kappa shape index (κ2) is 6.47. The van der Waals surface area contributed by atoms with E-state index in [-0.39, 0.29) is 17.1 Å². The molecule has 0 spiro atoms. The van der Waals surface area contributed by atoms with E-state index in [0.717, 1.165) is 0 Å². The third kappa shape index (κ3) is 3.44. The van der Waals surface area contributed by atoms with Crippen LogP contribution in [0.25, 0.3) is 0 Å². The SMILES string of the molecule is Cc1ccc(N)c(C)c1S(=O)(=O)N(CCO)CC(F)F. The lowest BCUT2D eigenvalue weighted by Crippen LogP contribution is -2.38. The number of aliphatic hydroxyl groups excluding tert-OH is 1. The predicted octanol–water partition coefficient (Wildman–Crippen LogP) is 1.13. The van der Waals surface area contributed by atoms with Crippen molar-refractivity contribution in [3.05, 3.63) is 23.3 Å². The van der Waals surface area contributed by atoms with Crippen molar-refractivity contribution in [3.8, 4) is 0 Å². The lowest BCUT2D eigenvalue weighted by Gasteiger charge is -2.23. The van der Waals surface area contributed by atoms with Gasteiger partial charge in [0, 0.05) is 12.2 Å². The molecule has 1 aromatic rings. The van der Waals surface area contributed by atoms with E-state index in [4.69, 9.17) is 10.8 Å². The molecular formula is C12H18F2N2O3S. The van der Waals surface area contributed by atoms with Crippen LogP contribution in [0.2, 0.25) is 0 Å². The number of rotatable bonds is 6. The summed E-state index contributed by atoms with van der Waals surface area (Å²) in [5.74, 6) is 0. The lowest BCUT2D eigenvalue weighted by atomic mass is 10.1. The second-order valence-corrected chi connectivity index (χ2v) is 6.28. The largest absolute Gasteiger partial charge is 0.398 e. The van der Waals surface area contributed by atoms with Crippen LogP contribution < -0.4 is 5.73 Å². The minimum absolute atomic E-state index is 0.0772. The Balaban J connectivity index is 3.37. The summed E-state index contributed by atoms with van der Waals surface area (Å²) < 4.78 is 50.6. The van der Waals surface area contributed by atoms with Crippen LogP contribution in [0.15, 0.2) is 17.0 Å². The summed E-state index contributed by atoms with van der Waals surface area (Å²) in [5, 5.41) is 8.88. The summed E-state index contributed by atoms with van der Waals surface area (Å²) in [6.07, 6.45) is -2.82. The highest BCUT2D eigenvalue weighted by Gasteiger charge is 2.30. The van der Waals surface area contributed by atoms with Crippen LogP contribution in [-0.2, 0) is 10.0 Å². The molecule has 0 atom stereocenters. The first-order valence-electron chi connectivity index (χ1n) is 5.96. The number of nitrogens with zero attached hydrogens (tertiary/aromatic N) is 1. The Morgan fingerprint density at radius 2 is 1.95 bits per heavy atom. The summed E-state index contributed by atoms with van der Waals surface area (Å²) >= 11 is 0. The fraction of sp³-hybridized carbons (Fsp3) is 0.500. The van der Waals surface area contributed by atoms with E-state index in [1.54, 1.807) is 13.0 Å². The normalized spacial score (nSPS) is 12.3. The molecule has 5 nitrogen and oxygen atoms in total. The van der Waals surface area contributed by atoms with Crippen molar-refractivity contribution in [1.82, 2.24) is 4.31 Å². The monoisotopic (exact) mass is 308 g/mol. The van der Waals surface area contributed by atoms with E-state index in [1.165, 1.54) is 13.0 Å². The number of anilines is 1. The van der Waals surface area contributed by atoms with E-state index in [2.05, 4.69) is 0 Å². The van der Waals surface area contributed by atoms with Gasteiger partial charge in [0.05, 0.1) is 18.0 Å². The van der Waals surface area contributed by atoms with Gasteiger partial charge in [0.25, 0.3) is 6.43 Å². The predicted molar refractivity (Wildman–Crippen MR) is 72.2 cm³/mol. The summed E-state index contributed by atoms with van der Waals surface area (Å²) in [7, 11) is -4.13. The lowest BCUT2D eigenvalue weighted by molar-refractivity contribution is 0.113. The standard InChI is InChI=1S/C12H18F2N2O3S/c1-8-3-4-10(15)9(2)12(8)20(18,19)16(5-6-17)7-11(13)14/h3-4,11,17H,5-7,15H2,1-2H3. The molecule has 0 fully saturated rings. The molecule has 0 amide bonds. The van der Waals surface area contributed by atoms with Crippen LogP contribution in [0.4, 0.5) is 14.5 Å². The van der Waals surface area contributed by atoms with Gasteiger partial charge in [0.15, 0.2) is 0 Å². The fourth-order valence-electron chi connectivity index (χ4n) is 1.94. The molecule has 8 heteroatoms. The van der Waals surface area contributed by atoms with Crippen molar-refractivity contribution in [3.63, 3.8) is 0 Å². The van der Waals surface area contributed by atoms with Crippen molar-refractivity contribution in [2.24, 2.45) is 0 Å². The zero-order chi connectivity index (χ0) is 15.5. The maximum absolute atomic E-state index is 12.5. The number of halogens is 2. The number of aliphatic hydroxyl groups is 1. The Bertz CT molecular complexity index is 576. The molecule has 0 aliphatic heterocycles. The molecule has 1 aromatic carbocycles. The van der Waals surface area contributed by atoms with E-state index >= 15 is 0 Å². The number of hydrogen-bond donors (Lipinski definition) is 2. The van der Waals surface area contributed by atoms with Gasteiger partial charge >= 0.3 is 0 Å². The number of benzene rings is 1. The minimum Gasteiger partial charge on any atom is -0.398 e. The van der Waals surface area contributed by atoms with Crippen LogP contribution in [-0.4, -0.2) is 44.0 Å². The average Bonchev–Trinajstić information content (AvgIpc) is 2.33. The van der Waals surface area contributed by atoms with Gasteiger partial charge in [-0.25, -0.2) is 17.2 Å². The highest BCUT2D eigenvalue weighted by Crippen LogP contribution is 2.27. The molecule has 0 aliphatic rings. The number of nitrogens with two attached hydrogens (primary N) is 1. The molecule has 1 rings (SSSR count). The van der Waals surface area contributed by atoms with Gasteiger partial charge in [-0.15, -0.1) is 0 Å². The Kier molecular flexibility index (Phi) is 5.43. The average molecular weight is 308 g/mol. The number of nitrogen functional groups attached to an aromatic ring is 1. The molecule has 0 saturated heterocycles. The molecule has 0 aromatic heterocycles. The third-order valence-corrected chi connectivity index (χ3v) is 5.09. The van der Waals surface area contributed by atoms with Crippen LogP contribution in [0.3, 0.4) is 0 Å². The molecule has 20 heavy (non-hydrogen) atoms. The molecule has 114 valence electrons. The molecule has 0 saturated carbocycles. The fourth-order valence-corrected chi connectivity index (χ4v) is 3.81. The molecular weight excluding hydrogens is 290 g/mol. The molecule has 0 heterocycles. The number of alkyl halides is 2. The van der Waals surface area contributed by atoms with Crippen molar-refractivity contribution in [1.29, 1.82) is 0 Å². The first-order chi connectivity index (χ1) is 9.21. The maximum atomic E-state index is 12.5. The van der Waals surface area contributed by atoms with Crippen LogP contribution in [0.1, 0.15) is 11.1 Å². The first kappa shape index (κ1) is 16.8. The van der Waals surface area contributed by atoms with Gasteiger partial charge < -0.3 is 10.8 Å². The minimum atomic E-state index is -4.13. The van der Waals surface area contributed by atoms with Gasteiger partial charge in [-0.05, 0) is 31.0 Å². The highest BCUT2D eigenvalue weighted by molar-refractivity contribution is 7.89. The van der Waals surface area contributed by atoms with E-state index in [1.807, 2.05) is 0 Å². The zero-order valence-electron chi connectivity index (χ0n) is 11.3. The van der Waals surface area contributed by atoms with E-state index < -0.39 is 29.6 Å². The smallest absolute Gasteiger partial charge is 0.252 e. The molecule has 3 N–H and O–H groups in total. The Labute approximate surface area is 117 Å². The van der Waals surface area contributed by atoms with Crippen LogP contribution in [0, 0.1) is 13.8 Å². The molecule has 0 aliphatic carbocycles. The topological polar surface area (TPSA) is 83.6 Å². The van der Waals surface area contributed by atoms with Crippen molar-refractivity contribution in [2.75, 3.05) is 25.4 Å². The summed E-state index contributed by atoms with van der Waals surface area (Å²) in [6.45, 7) is 1.21. The summed E-state index contributed by atoms with van der Waals surface area (Å²) in [4.78, 5) is -0.0772. The first-order valence-corrected chi connectivity index (χ1v) is 7.40. The number of sulfonamides is 1. The van der Waals surface area contributed by atoms with E-state index in [0.29, 0.717) is 15.4 Å². The highest BCUT2D eigenvalue weighted by atomic mass is 32.2. The van der Waals surface area contributed by atoms with Gasteiger partial charge in [-0.1, -0.05) is 6.07 Å². The zero-order valence-corrected chi connectivity index (χ0v) is 12.1. The van der Waals surface area contributed by atoms with Gasteiger partial charge in [-0.3, -0.25) is 0 Å². The van der Waals surface area contributed by atoms with Crippen LogP contribution >= 0.6 is 0 Å². The summed E-state index contributed by atoms with van der Waals surface area (Å²) in [6, 6.07) is 3.09. The Morgan fingerprint density at radius 1 is 1.35 bits per heavy atom. The Hall–Kier alpha value is -1.25. The molecule has 0 radical (unpaired) electrons. The Morgan fingerprint density at radius 3 is 2.45 bits per heavy atom.